The first kappa shape index (κ1) is 24.8. The van der Waals surface area contributed by atoms with Crippen molar-refractivity contribution in [3.05, 3.63) is 53.6 Å². The van der Waals surface area contributed by atoms with Gasteiger partial charge in [0.1, 0.15) is 17.2 Å². The number of benzene rings is 2. The standard InChI is InChI=1S/C24H34N4O4/c1-5-26-24(28-12-10-18-8-6-9-19(14-18)23(29)25-2)27-11-7-13-32-22-16-20(30-3)15-21(17-22)31-4/h6,8-9,14-17H,5,7,10-13H2,1-4H3,(H,25,29)(H2,26,27,28). The van der Waals surface area contributed by atoms with Gasteiger partial charge in [0.2, 0.25) is 0 Å². The molecule has 0 aliphatic heterocycles. The fraction of sp³-hybridized carbons (Fsp3) is 0.417. The zero-order chi connectivity index (χ0) is 23.2. The molecule has 2 rings (SSSR count). The number of rotatable bonds is 12. The summed E-state index contributed by atoms with van der Waals surface area (Å²) < 4.78 is 16.3. The van der Waals surface area contributed by atoms with Crippen molar-refractivity contribution >= 4 is 11.9 Å². The van der Waals surface area contributed by atoms with Crippen molar-refractivity contribution in [1.29, 1.82) is 0 Å². The Balaban J connectivity index is 1.79. The smallest absolute Gasteiger partial charge is 0.251 e. The van der Waals surface area contributed by atoms with Crippen LogP contribution in [0.5, 0.6) is 17.2 Å². The summed E-state index contributed by atoms with van der Waals surface area (Å²) in [5.74, 6) is 2.77. The molecule has 2 aromatic carbocycles. The monoisotopic (exact) mass is 442 g/mol. The molecular weight excluding hydrogens is 408 g/mol. The molecule has 0 spiro atoms. The molecule has 0 saturated carbocycles. The topological polar surface area (TPSA) is 93.2 Å². The minimum atomic E-state index is -0.0793. The predicted molar refractivity (Wildman–Crippen MR) is 127 cm³/mol. The van der Waals surface area contributed by atoms with Crippen LogP contribution in [0.1, 0.15) is 29.3 Å². The fourth-order valence-electron chi connectivity index (χ4n) is 2.99. The van der Waals surface area contributed by atoms with Crippen molar-refractivity contribution in [2.75, 3.05) is 47.5 Å². The van der Waals surface area contributed by atoms with Crippen LogP contribution in [0.3, 0.4) is 0 Å². The summed E-state index contributed by atoms with van der Waals surface area (Å²) in [5, 5.41) is 9.23. The second-order valence-electron chi connectivity index (χ2n) is 6.97. The maximum absolute atomic E-state index is 11.8. The maximum atomic E-state index is 11.8. The van der Waals surface area contributed by atoms with Gasteiger partial charge >= 0.3 is 0 Å². The zero-order valence-electron chi connectivity index (χ0n) is 19.4. The number of hydrogen-bond acceptors (Lipinski definition) is 5. The predicted octanol–water partition coefficient (Wildman–Crippen LogP) is 2.63. The van der Waals surface area contributed by atoms with Crippen LogP contribution in [0.15, 0.2) is 47.5 Å². The summed E-state index contributed by atoms with van der Waals surface area (Å²) in [4.78, 5) is 16.4. The number of hydrogen-bond donors (Lipinski definition) is 3. The van der Waals surface area contributed by atoms with E-state index in [0.717, 1.165) is 30.9 Å². The average molecular weight is 443 g/mol. The summed E-state index contributed by atoms with van der Waals surface area (Å²) in [7, 11) is 4.86. The number of methoxy groups -OCH3 is 2. The number of ether oxygens (including phenoxy) is 3. The van der Waals surface area contributed by atoms with Gasteiger partial charge in [0.15, 0.2) is 5.96 Å². The summed E-state index contributed by atoms with van der Waals surface area (Å²) >= 11 is 0. The van der Waals surface area contributed by atoms with Gasteiger partial charge < -0.3 is 30.2 Å². The van der Waals surface area contributed by atoms with E-state index in [-0.39, 0.29) is 5.91 Å². The average Bonchev–Trinajstić information content (AvgIpc) is 2.83. The third kappa shape index (κ3) is 8.37. The maximum Gasteiger partial charge on any atom is 0.251 e. The van der Waals surface area contributed by atoms with Gasteiger partial charge in [-0.15, -0.1) is 0 Å². The number of nitrogens with zero attached hydrogens (tertiary/aromatic N) is 1. The summed E-state index contributed by atoms with van der Waals surface area (Å²) in [5.41, 5.74) is 1.76. The van der Waals surface area contributed by atoms with E-state index in [0.29, 0.717) is 42.5 Å². The molecule has 0 fully saturated rings. The lowest BCUT2D eigenvalue weighted by Crippen LogP contribution is -2.38. The summed E-state index contributed by atoms with van der Waals surface area (Å²) in [6.45, 7) is 4.68. The van der Waals surface area contributed by atoms with Crippen molar-refractivity contribution in [3.63, 3.8) is 0 Å². The van der Waals surface area contributed by atoms with Crippen LogP contribution in [-0.4, -0.2) is 59.4 Å². The lowest BCUT2D eigenvalue weighted by Gasteiger charge is -2.12. The molecule has 0 bridgehead atoms. The number of amides is 1. The van der Waals surface area contributed by atoms with Crippen LogP contribution >= 0.6 is 0 Å². The van der Waals surface area contributed by atoms with Crippen LogP contribution in [0.4, 0.5) is 0 Å². The second-order valence-corrected chi connectivity index (χ2v) is 6.97. The minimum Gasteiger partial charge on any atom is -0.496 e. The number of guanidine groups is 1. The number of carbonyl (C=O) groups excluding carboxylic acids is 1. The molecular formula is C24H34N4O4. The molecule has 174 valence electrons. The van der Waals surface area contributed by atoms with Crippen molar-refractivity contribution in [1.82, 2.24) is 16.0 Å². The van der Waals surface area contributed by atoms with Crippen LogP contribution in [0.2, 0.25) is 0 Å². The number of nitrogens with one attached hydrogen (secondary N) is 3. The molecule has 0 radical (unpaired) electrons. The molecule has 0 unspecified atom stereocenters. The first-order chi connectivity index (χ1) is 15.6. The van der Waals surface area contributed by atoms with Gasteiger partial charge in [-0.05, 0) is 31.0 Å². The van der Waals surface area contributed by atoms with E-state index in [1.54, 1.807) is 27.3 Å². The molecule has 0 aliphatic carbocycles. The second kappa shape index (κ2) is 13.8. The lowest BCUT2D eigenvalue weighted by atomic mass is 10.1. The van der Waals surface area contributed by atoms with Crippen molar-refractivity contribution in [2.24, 2.45) is 4.99 Å². The highest BCUT2D eigenvalue weighted by atomic mass is 16.5. The van der Waals surface area contributed by atoms with Gasteiger partial charge in [0.25, 0.3) is 5.91 Å². The van der Waals surface area contributed by atoms with Crippen molar-refractivity contribution in [2.45, 2.75) is 19.8 Å². The van der Waals surface area contributed by atoms with Crippen LogP contribution < -0.4 is 30.2 Å². The quantitative estimate of drug-likeness (QED) is 0.266. The largest absolute Gasteiger partial charge is 0.496 e. The van der Waals surface area contributed by atoms with Crippen LogP contribution in [0, 0.1) is 0 Å². The van der Waals surface area contributed by atoms with Gasteiger partial charge in [0.05, 0.1) is 20.8 Å². The Morgan fingerprint density at radius 3 is 2.38 bits per heavy atom. The third-order valence-corrected chi connectivity index (χ3v) is 4.63. The molecule has 0 atom stereocenters. The molecule has 0 aromatic heterocycles. The lowest BCUT2D eigenvalue weighted by molar-refractivity contribution is 0.0963. The third-order valence-electron chi connectivity index (χ3n) is 4.63. The van der Waals surface area contributed by atoms with E-state index in [4.69, 9.17) is 14.2 Å². The highest BCUT2D eigenvalue weighted by molar-refractivity contribution is 5.94. The Morgan fingerprint density at radius 1 is 1.00 bits per heavy atom. The first-order valence-corrected chi connectivity index (χ1v) is 10.8. The van der Waals surface area contributed by atoms with Gasteiger partial charge in [-0.2, -0.15) is 0 Å². The molecule has 0 heterocycles. The molecule has 1 amide bonds. The van der Waals surface area contributed by atoms with E-state index in [1.165, 1.54) is 0 Å². The Kier molecular flexibility index (Phi) is 10.7. The van der Waals surface area contributed by atoms with Gasteiger partial charge in [-0.1, -0.05) is 12.1 Å². The highest BCUT2D eigenvalue weighted by Gasteiger charge is 2.05. The number of aliphatic imine (C=N–C) groups is 1. The molecule has 32 heavy (non-hydrogen) atoms. The Bertz CT molecular complexity index is 864. The molecule has 0 saturated heterocycles. The Hall–Kier alpha value is -3.42. The van der Waals surface area contributed by atoms with E-state index < -0.39 is 0 Å². The molecule has 0 aliphatic rings. The minimum absolute atomic E-state index is 0.0793. The fourth-order valence-corrected chi connectivity index (χ4v) is 2.99. The van der Waals surface area contributed by atoms with Crippen LogP contribution in [-0.2, 0) is 6.42 Å². The van der Waals surface area contributed by atoms with Crippen molar-refractivity contribution < 1.29 is 19.0 Å². The van der Waals surface area contributed by atoms with Gasteiger partial charge in [-0.25, -0.2) is 0 Å². The Morgan fingerprint density at radius 2 is 1.72 bits per heavy atom. The SMILES string of the molecule is CCNC(=NCCCOc1cc(OC)cc(OC)c1)NCCc1cccc(C(=O)NC)c1. The molecule has 2 aromatic rings. The zero-order valence-corrected chi connectivity index (χ0v) is 19.4. The normalized spacial score (nSPS) is 10.9. The van der Waals surface area contributed by atoms with Gasteiger partial charge in [0, 0.05) is 56.9 Å². The molecule has 8 heteroatoms. The Labute approximate surface area is 190 Å². The van der Waals surface area contributed by atoms with E-state index in [2.05, 4.69) is 20.9 Å². The molecule has 3 N–H and O–H groups in total. The van der Waals surface area contributed by atoms with Crippen molar-refractivity contribution in [3.8, 4) is 17.2 Å². The van der Waals surface area contributed by atoms with E-state index >= 15 is 0 Å². The first-order valence-electron chi connectivity index (χ1n) is 10.8. The van der Waals surface area contributed by atoms with E-state index in [9.17, 15) is 4.79 Å². The van der Waals surface area contributed by atoms with Gasteiger partial charge in [-0.3, -0.25) is 9.79 Å². The summed E-state index contributed by atoms with van der Waals surface area (Å²) in [6, 6.07) is 13.1. The molecule has 8 nitrogen and oxygen atoms in total. The van der Waals surface area contributed by atoms with Crippen LogP contribution in [0.25, 0.3) is 0 Å². The van der Waals surface area contributed by atoms with E-state index in [1.807, 2.05) is 43.3 Å². The highest BCUT2D eigenvalue weighted by Crippen LogP contribution is 2.27. The summed E-state index contributed by atoms with van der Waals surface area (Å²) in [6.07, 6.45) is 1.56. The number of carbonyl (C=O) groups is 1.